The number of carbonyl (C=O) groups excluding carboxylic acids is 2. The van der Waals surface area contributed by atoms with Crippen LogP contribution in [0, 0.1) is 0 Å². The molecule has 0 atom stereocenters. The van der Waals surface area contributed by atoms with E-state index in [9.17, 15) is 9.59 Å². The van der Waals surface area contributed by atoms with E-state index in [4.69, 9.17) is 9.47 Å². The van der Waals surface area contributed by atoms with Crippen molar-refractivity contribution in [1.82, 2.24) is 10.2 Å². The summed E-state index contributed by atoms with van der Waals surface area (Å²) in [5.41, 5.74) is 1.41. The molecule has 0 bridgehead atoms. The first-order valence-electron chi connectivity index (χ1n) is 7.96. The van der Waals surface area contributed by atoms with Gasteiger partial charge in [0, 0.05) is 14.1 Å². The minimum atomic E-state index is -0.509. The van der Waals surface area contributed by atoms with Crippen LogP contribution in [-0.4, -0.2) is 44.1 Å². The molecule has 2 aromatic carbocycles. The molecule has 0 aromatic heterocycles. The quantitative estimate of drug-likeness (QED) is 0.786. The van der Waals surface area contributed by atoms with Crippen LogP contribution < -0.4 is 10.1 Å². The van der Waals surface area contributed by atoms with Gasteiger partial charge in [0.05, 0.1) is 12.1 Å². The molecule has 0 saturated heterocycles. The second-order valence-electron chi connectivity index (χ2n) is 5.53. The highest BCUT2D eigenvalue weighted by Crippen LogP contribution is 2.18. The largest absolute Gasteiger partial charge is 0.491 e. The third-order valence-electron chi connectivity index (χ3n) is 3.37. The van der Waals surface area contributed by atoms with E-state index < -0.39 is 6.09 Å². The van der Waals surface area contributed by atoms with Crippen LogP contribution in [0.4, 0.5) is 4.79 Å². The zero-order valence-electron chi connectivity index (χ0n) is 14.4. The molecule has 0 aliphatic rings. The fraction of sp³-hybridized carbons (Fsp3) is 0.263. The highest BCUT2D eigenvalue weighted by atomic mass is 16.5. The van der Waals surface area contributed by atoms with E-state index in [0.717, 1.165) is 5.56 Å². The number of alkyl carbamates (subject to hydrolysis) is 1. The van der Waals surface area contributed by atoms with Crippen molar-refractivity contribution in [2.75, 3.05) is 27.2 Å². The molecule has 0 aliphatic heterocycles. The van der Waals surface area contributed by atoms with Gasteiger partial charge in [-0.25, -0.2) is 4.79 Å². The second kappa shape index (κ2) is 9.32. The van der Waals surface area contributed by atoms with Gasteiger partial charge in [0.25, 0.3) is 5.91 Å². The lowest BCUT2D eigenvalue weighted by molar-refractivity contribution is 0.0822. The molecular formula is C19H22N2O4. The van der Waals surface area contributed by atoms with Gasteiger partial charge in [-0.15, -0.1) is 0 Å². The number of amides is 2. The van der Waals surface area contributed by atoms with E-state index in [1.54, 1.807) is 38.4 Å². The van der Waals surface area contributed by atoms with Crippen LogP contribution >= 0.6 is 0 Å². The van der Waals surface area contributed by atoms with Gasteiger partial charge in [-0.1, -0.05) is 42.5 Å². The lowest BCUT2D eigenvalue weighted by Crippen LogP contribution is -2.29. The van der Waals surface area contributed by atoms with Gasteiger partial charge < -0.3 is 19.7 Å². The molecule has 2 amide bonds. The van der Waals surface area contributed by atoms with Crippen molar-refractivity contribution >= 4 is 12.0 Å². The molecule has 6 nitrogen and oxygen atoms in total. The minimum Gasteiger partial charge on any atom is -0.491 e. The lowest BCUT2D eigenvalue weighted by Gasteiger charge is -2.15. The zero-order chi connectivity index (χ0) is 18.1. The number of hydrogen-bond acceptors (Lipinski definition) is 4. The number of rotatable bonds is 7. The first kappa shape index (κ1) is 18.3. The molecule has 6 heteroatoms. The van der Waals surface area contributed by atoms with Gasteiger partial charge >= 0.3 is 6.09 Å². The number of benzene rings is 2. The smallest absolute Gasteiger partial charge is 0.407 e. The Kier molecular flexibility index (Phi) is 6.83. The summed E-state index contributed by atoms with van der Waals surface area (Å²) in [5.74, 6) is 0.353. The van der Waals surface area contributed by atoms with Gasteiger partial charge in [-0.3, -0.25) is 4.79 Å². The molecule has 0 aliphatic carbocycles. The number of ether oxygens (including phenoxy) is 2. The fourth-order valence-corrected chi connectivity index (χ4v) is 2.10. The summed E-state index contributed by atoms with van der Waals surface area (Å²) in [4.78, 5) is 25.2. The molecule has 0 unspecified atom stereocenters. The molecule has 0 spiro atoms. The molecule has 1 N–H and O–H groups in total. The van der Waals surface area contributed by atoms with Gasteiger partial charge in [0.1, 0.15) is 19.0 Å². The Morgan fingerprint density at radius 1 is 1.00 bits per heavy atom. The molecule has 0 fully saturated rings. The second-order valence-corrected chi connectivity index (χ2v) is 5.53. The van der Waals surface area contributed by atoms with Crippen LogP contribution in [0.3, 0.4) is 0 Å². The van der Waals surface area contributed by atoms with Crippen LogP contribution in [-0.2, 0) is 11.3 Å². The van der Waals surface area contributed by atoms with Gasteiger partial charge in [-0.2, -0.15) is 0 Å². The minimum absolute atomic E-state index is 0.133. The Labute approximate surface area is 147 Å². The molecular weight excluding hydrogens is 320 g/mol. The number of para-hydroxylation sites is 1. The van der Waals surface area contributed by atoms with Crippen molar-refractivity contribution in [2.24, 2.45) is 0 Å². The first-order valence-corrected chi connectivity index (χ1v) is 7.96. The van der Waals surface area contributed by atoms with Crippen LogP contribution in [0.5, 0.6) is 5.75 Å². The van der Waals surface area contributed by atoms with Crippen molar-refractivity contribution < 1.29 is 19.1 Å². The van der Waals surface area contributed by atoms with Crippen molar-refractivity contribution in [1.29, 1.82) is 0 Å². The molecule has 2 rings (SSSR count). The summed E-state index contributed by atoms with van der Waals surface area (Å²) >= 11 is 0. The number of nitrogens with one attached hydrogen (secondary N) is 1. The van der Waals surface area contributed by atoms with Crippen molar-refractivity contribution in [2.45, 2.75) is 6.61 Å². The predicted molar refractivity (Wildman–Crippen MR) is 94.6 cm³/mol. The van der Waals surface area contributed by atoms with Crippen molar-refractivity contribution in [3.63, 3.8) is 0 Å². The summed E-state index contributed by atoms with van der Waals surface area (Å²) < 4.78 is 10.7. The topological polar surface area (TPSA) is 67.9 Å². The van der Waals surface area contributed by atoms with Crippen molar-refractivity contribution in [3.8, 4) is 5.75 Å². The summed E-state index contributed by atoms with van der Waals surface area (Å²) in [6.07, 6.45) is -0.509. The average Bonchev–Trinajstić information content (AvgIpc) is 2.64. The maximum atomic E-state index is 12.1. The van der Waals surface area contributed by atoms with E-state index in [1.165, 1.54) is 4.90 Å². The molecule has 0 heterocycles. The Balaban J connectivity index is 1.74. The average molecular weight is 342 g/mol. The third kappa shape index (κ3) is 5.84. The van der Waals surface area contributed by atoms with Crippen LogP contribution in [0.15, 0.2) is 54.6 Å². The highest BCUT2D eigenvalue weighted by molar-refractivity contribution is 5.96. The van der Waals surface area contributed by atoms with Gasteiger partial charge in [-0.05, 0) is 17.7 Å². The maximum absolute atomic E-state index is 12.1. The van der Waals surface area contributed by atoms with Crippen molar-refractivity contribution in [3.05, 3.63) is 65.7 Å². The highest BCUT2D eigenvalue weighted by Gasteiger charge is 2.13. The molecule has 0 radical (unpaired) electrons. The van der Waals surface area contributed by atoms with E-state index in [-0.39, 0.29) is 25.7 Å². The number of hydrogen-bond donors (Lipinski definition) is 1. The standard InChI is InChI=1S/C19H22N2O4/c1-21(2)18(22)16-10-6-7-11-17(16)24-13-12-20-19(23)25-14-15-8-4-3-5-9-15/h3-11H,12-14H2,1-2H3,(H,20,23). The SMILES string of the molecule is CN(C)C(=O)c1ccccc1OCCNC(=O)OCc1ccccc1. The molecule has 0 saturated carbocycles. The summed E-state index contributed by atoms with van der Waals surface area (Å²) in [6.45, 7) is 0.726. The first-order chi connectivity index (χ1) is 12.1. The summed E-state index contributed by atoms with van der Waals surface area (Å²) in [7, 11) is 3.37. The lowest BCUT2D eigenvalue weighted by atomic mass is 10.2. The fourth-order valence-electron chi connectivity index (χ4n) is 2.10. The Bertz CT molecular complexity index is 702. The van der Waals surface area contributed by atoms with E-state index in [1.807, 2.05) is 30.3 Å². The van der Waals surface area contributed by atoms with E-state index in [2.05, 4.69) is 5.32 Å². The van der Waals surface area contributed by atoms with Crippen LogP contribution in [0.25, 0.3) is 0 Å². The molecule has 25 heavy (non-hydrogen) atoms. The monoisotopic (exact) mass is 342 g/mol. The van der Waals surface area contributed by atoms with E-state index in [0.29, 0.717) is 11.3 Å². The third-order valence-corrected chi connectivity index (χ3v) is 3.37. The Morgan fingerprint density at radius 3 is 2.40 bits per heavy atom. The Hall–Kier alpha value is -3.02. The van der Waals surface area contributed by atoms with E-state index >= 15 is 0 Å². The normalized spacial score (nSPS) is 10.0. The zero-order valence-corrected chi connectivity index (χ0v) is 14.4. The number of carbonyl (C=O) groups is 2. The van der Waals surface area contributed by atoms with Crippen LogP contribution in [0.1, 0.15) is 15.9 Å². The van der Waals surface area contributed by atoms with Gasteiger partial charge in [0.2, 0.25) is 0 Å². The predicted octanol–water partition coefficient (Wildman–Crippen LogP) is 2.69. The number of nitrogens with zero attached hydrogens (tertiary/aromatic N) is 1. The van der Waals surface area contributed by atoms with Gasteiger partial charge in [0.15, 0.2) is 0 Å². The summed E-state index contributed by atoms with van der Waals surface area (Å²) in [5, 5.41) is 2.61. The molecule has 2 aromatic rings. The summed E-state index contributed by atoms with van der Waals surface area (Å²) in [6, 6.07) is 16.5. The molecule has 132 valence electrons. The maximum Gasteiger partial charge on any atom is 0.407 e. The Morgan fingerprint density at radius 2 is 1.68 bits per heavy atom. The van der Waals surface area contributed by atoms with Crippen LogP contribution in [0.2, 0.25) is 0 Å².